The molecule has 4 heteroatoms. The van der Waals surface area contributed by atoms with Crippen LogP contribution in [-0.4, -0.2) is 11.1 Å². The van der Waals surface area contributed by atoms with Gasteiger partial charge in [0.2, 0.25) is 0 Å². The minimum atomic E-state index is -0.906. The van der Waals surface area contributed by atoms with Gasteiger partial charge in [0.15, 0.2) is 0 Å². The number of halogens is 2. The molecule has 0 radical (unpaired) electrons. The topological polar surface area (TPSA) is 37.3 Å². The Labute approximate surface area is 90.9 Å². The van der Waals surface area contributed by atoms with E-state index in [1.807, 2.05) is 0 Å². The summed E-state index contributed by atoms with van der Waals surface area (Å²) in [5.41, 5.74) is 0.678. The average Bonchev–Trinajstić information content (AvgIpc) is 2.88. The van der Waals surface area contributed by atoms with Gasteiger partial charge in [-0.25, -0.2) is 8.78 Å². The maximum absolute atomic E-state index is 13.6. The minimum Gasteiger partial charge on any atom is -0.481 e. The molecule has 0 saturated heterocycles. The summed E-state index contributed by atoms with van der Waals surface area (Å²) in [4.78, 5) is 10.9. The van der Waals surface area contributed by atoms with E-state index in [0.29, 0.717) is 11.1 Å². The second-order valence-corrected chi connectivity index (χ2v) is 4.61. The monoisotopic (exact) mass is 224 g/mol. The van der Waals surface area contributed by atoms with Crippen LogP contribution < -0.4 is 0 Å². The third kappa shape index (κ3) is 0.970. The summed E-state index contributed by atoms with van der Waals surface area (Å²) in [6.45, 7) is 1.77. The zero-order chi connectivity index (χ0) is 11.6. The van der Waals surface area contributed by atoms with Gasteiger partial charge in [0.05, 0.1) is 5.92 Å². The Kier molecular flexibility index (Phi) is 1.71. The van der Waals surface area contributed by atoms with E-state index in [9.17, 15) is 13.6 Å². The van der Waals surface area contributed by atoms with Crippen molar-refractivity contribution in [3.8, 4) is 0 Å². The Bertz CT molecular complexity index is 498. The Morgan fingerprint density at radius 3 is 2.38 bits per heavy atom. The van der Waals surface area contributed by atoms with Gasteiger partial charge in [0.1, 0.15) is 11.6 Å². The molecule has 2 aliphatic rings. The first-order valence-corrected chi connectivity index (χ1v) is 5.24. The van der Waals surface area contributed by atoms with E-state index in [2.05, 4.69) is 0 Å². The van der Waals surface area contributed by atoms with Gasteiger partial charge in [-0.05, 0) is 35.1 Å². The third-order valence-corrected chi connectivity index (χ3v) is 3.91. The number of carboxylic acids is 1. The SMILES string of the molecule is CC1c2c(F)ccc(F)c2C2C(C(=O)O)C12. The van der Waals surface area contributed by atoms with Crippen molar-refractivity contribution in [3.63, 3.8) is 0 Å². The molecule has 4 unspecified atom stereocenters. The zero-order valence-corrected chi connectivity index (χ0v) is 8.58. The summed E-state index contributed by atoms with van der Waals surface area (Å²) >= 11 is 0. The first-order chi connectivity index (χ1) is 7.54. The number of hydrogen-bond donors (Lipinski definition) is 1. The second-order valence-electron chi connectivity index (χ2n) is 4.61. The summed E-state index contributed by atoms with van der Waals surface area (Å²) in [7, 11) is 0. The molecule has 4 atom stereocenters. The molecule has 0 aliphatic heterocycles. The van der Waals surface area contributed by atoms with Gasteiger partial charge in [0.25, 0.3) is 0 Å². The van der Waals surface area contributed by atoms with Crippen LogP contribution in [-0.2, 0) is 4.79 Å². The number of aliphatic carboxylic acids is 1. The molecule has 1 saturated carbocycles. The van der Waals surface area contributed by atoms with Crippen LogP contribution in [0.2, 0.25) is 0 Å². The Hall–Kier alpha value is -1.45. The molecule has 16 heavy (non-hydrogen) atoms. The van der Waals surface area contributed by atoms with Gasteiger partial charge in [-0.15, -0.1) is 0 Å². The van der Waals surface area contributed by atoms with E-state index in [1.165, 1.54) is 0 Å². The lowest BCUT2D eigenvalue weighted by Gasteiger charge is -2.12. The van der Waals surface area contributed by atoms with Crippen LogP contribution in [0.5, 0.6) is 0 Å². The summed E-state index contributed by atoms with van der Waals surface area (Å²) < 4.78 is 27.1. The average molecular weight is 224 g/mol. The quantitative estimate of drug-likeness (QED) is 0.795. The van der Waals surface area contributed by atoms with E-state index in [-0.39, 0.29) is 17.8 Å². The van der Waals surface area contributed by atoms with Gasteiger partial charge >= 0.3 is 5.97 Å². The largest absolute Gasteiger partial charge is 0.481 e. The number of hydrogen-bond acceptors (Lipinski definition) is 1. The van der Waals surface area contributed by atoms with Gasteiger partial charge in [-0.1, -0.05) is 6.92 Å². The van der Waals surface area contributed by atoms with Crippen LogP contribution >= 0.6 is 0 Å². The van der Waals surface area contributed by atoms with Crippen molar-refractivity contribution in [2.24, 2.45) is 11.8 Å². The smallest absolute Gasteiger partial charge is 0.307 e. The van der Waals surface area contributed by atoms with Crippen LogP contribution in [0.3, 0.4) is 0 Å². The second kappa shape index (κ2) is 2.81. The van der Waals surface area contributed by atoms with Gasteiger partial charge < -0.3 is 5.11 Å². The molecule has 0 amide bonds. The highest BCUT2D eigenvalue weighted by Crippen LogP contribution is 2.67. The molecule has 1 fully saturated rings. The van der Waals surface area contributed by atoms with Crippen LogP contribution in [0.25, 0.3) is 0 Å². The van der Waals surface area contributed by atoms with Crippen LogP contribution in [0.1, 0.15) is 29.9 Å². The molecule has 2 aliphatic carbocycles. The summed E-state index contributed by atoms with van der Waals surface area (Å²) in [5.74, 6) is -2.97. The van der Waals surface area contributed by atoms with E-state index >= 15 is 0 Å². The highest BCUT2D eigenvalue weighted by Gasteiger charge is 2.64. The lowest BCUT2D eigenvalue weighted by molar-refractivity contribution is -0.139. The first kappa shape index (κ1) is 9.75. The van der Waals surface area contributed by atoms with E-state index in [0.717, 1.165) is 12.1 Å². The Morgan fingerprint density at radius 1 is 1.25 bits per heavy atom. The summed E-state index contributed by atoms with van der Waals surface area (Å²) in [6, 6.07) is 2.20. The van der Waals surface area contributed by atoms with Crippen molar-refractivity contribution in [1.29, 1.82) is 0 Å². The maximum Gasteiger partial charge on any atom is 0.307 e. The standard InChI is InChI=1S/C12H10F2O2/c1-4-7-5(13)2-3-6(14)9(7)10-8(4)11(10)12(15)16/h2-4,8,10-11H,1H3,(H,15,16). The normalized spacial score (nSPS) is 34.4. The van der Waals surface area contributed by atoms with Crippen molar-refractivity contribution in [2.45, 2.75) is 18.8 Å². The molecular formula is C12H10F2O2. The molecule has 84 valence electrons. The fraction of sp³-hybridized carbons (Fsp3) is 0.417. The number of carboxylic acid groups (broad SMARTS) is 1. The highest BCUT2D eigenvalue weighted by atomic mass is 19.1. The molecular weight excluding hydrogens is 214 g/mol. The predicted molar refractivity (Wildman–Crippen MR) is 52.1 cm³/mol. The van der Waals surface area contributed by atoms with Gasteiger partial charge in [-0.2, -0.15) is 0 Å². The third-order valence-electron chi connectivity index (χ3n) is 3.91. The minimum absolute atomic E-state index is 0.126. The molecule has 1 aromatic rings. The molecule has 0 spiro atoms. The molecule has 1 aromatic carbocycles. The Morgan fingerprint density at radius 2 is 1.81 bits per heavy atom. The number of fused-ring (bicyclic) bond motifs is 3. The van der Waals surface area contributed by atoms with Crippen molar-refractivity contribution < 1.29 is 18.7 Å². The van der Waals surface area contributed by atoms with Gasteiger partial charge in [0, 0.05) is 5.92 Å². The predicted octanol–water partition coefficient (Wildman–Crippen LogP) is 2.50. The molecule has 1 N–H and O–H groups in total. The van der Waals surface area contributed by atoms with Gasteiger partial charge in [-0.3, -0.25) is 4.79 Å². The number of rotatable bonds is 1. The maximum atomic E-state index is 13.6. The molecule has 0 bridgehead atoms. The molecule has 2 nitrogen and oxygen atoms in total. The van der Waals surface area contributed by atoms with Crippen molar-refractivity contribution >= 4 is 5.97 Å². The lowest BCUT2D eigenvalue weighted by atomic mass is 9.94. The van der Waals surface area contributed by atoms with Crippen LogP contribution in [0.4, 0.5) is 8.78 Å². The van der Waals surface area contributed by atoms with Crippen LogP contribution in [0.15, 0.2) is 12.1 Å². The summed E-state index contributed by atoms with van der Waals surface area (Å²) in [5, 5.41) is 8.95. The van der Waals surface area contributed by atoms with Crippen molar-refractivity contribution in [2.75, 3.05) is 0 Å². The molecule has 0 heterocycles. The first-order valence-electron chi connectivity index (χ1n) is 5.24. The summed E-state index contributed by atoms with van der Waals surface area (Å²) in [6.07, 6.45) is 0. The van der Waals surface area contributed by atoms with E-state index in [1.54, 1.807) is 6.92 Å². The highest BCUT2D eigenvalue weighted by molar-refractivity contribution is 5.78. The van der Waals surface area contributed by atoms with Crippen molar-refractivity contribution in [3.05, 3.63) is 34.9 Å². The molecule has 3 rings (SSSR count). The van der Waals surface area contributed by atoms with E-state index in [4.69, 9.17) is 5.11 Å². The Balaban J connectivity index is 2.15. The molecule has 0 aromatic heterocycles. The van der Waals surface area contributed by atoms with Crippen molar-refractivity contribution in [1.82, 2.24) is 0 Å². The number of carbonyl (C=O) groups is 1. The fourth-order valence-corrected chi connectivity index (χ4v) is 3.22. The lowest BCUT2D eigenvalue weighted by Crippen LogP contribution is -2.10. The van der Waals surface area contributed by atoms with E-state index < -0.39 is 23.5 Å². The zero-order valence-electron chi connectivity index (χ0n) is 8.58. The number of benzene rings is 1. The fourth-order valence-electron chi connectivity index (χ4n) is 3.22. The van der Waals surface area contributed by atoms with Crippen LogP contribution in [0, 0.1) is 23.5 Å².